The zero-order valence-electron chi connectivity index (χ0n) is 19.9. The predicted molar refractivity (Wildman–Crippen MR) is 130 cm³/mol. The number of ketones is 1. The summed E-state index contributed by atoms with van der Waals surface area (Å²) in [7, 11) is -3.59. The Morgan fingerprint density at radius 3 is 2.56 bits per heavy atom. The summed E-state index contributed by atoms with van der Waals surface area (Å²) < 4.78 is 29.9. The van der Waals surface area contributed by atoms with Crippen molar-refractivity contribution in [2.45, 2.75) is 42.0 Å². The first-order valence-corrected chi connectivity index (χ1v) is 13.4. The minimum Gasteiger partial charge on any atom is -0.454 e. The predicted octanol–water partition coefficient (Wildman–Crippen LogP) is 2.36. The lowest BCUT2D eigenvalue weighted by Gasteiger charge is -2.34. The molecule has 9 nitrogen and oxygen atoms in total. The number of Topliss-reactive ketones (excluding diaryl/α,β-unsaturated/α-hetero) is 1. The number of hydrogen-bond acceptors (Lipinski definition) is 7. The first-order valence-electron chi connectivity index (χ1n) is 11.5. The van der Waals surface area contributed by atoms with Gasteiger partial charge in [-0.3, -0.25) is 9.59 Å². The summed E-state index contributed by atoms with van der Waals surface area (Å²) in [5.41, 5.74) is 5.67. The number of nitrogen functional groups attached to an aromatic ring is 1. The zero-order chi connectivity index (χ0) is 25.8. The summed E-state index contributed by atoms with van der Waals surface area (Å²) >= 11 is 0. The molecule has 10 heteroatoms. The molecule has 6 rings (SSSR count). The average molecular weight is 508 g/mol. The van der Waals surface area contributed by atoms with Crippen molar-refractivity contribution < 1.29 is 27.9 Å². The van der Waals surface area contributed by atoms with E-state index in [1.807, 2.05) is 12.1 Å². The molecule has 186 valence electrons. The van der Waals surface area contributed by atoms with Crippen LogP contribution in [-0.4, -0.2) is 36.5 Å². The van der Waals surface area contributed by atoms with Crippen LogP contribution < -0.4 is 15.8 Å². The number of anilines is 1. The Hall–Kier alpha value is -3.63. The van der Waals surface area contributed by atoms with Gasteiger partial charge in [0.1, 0.15) is 16.5 Å². The van der Waals surface area contributed by atoms with Gasteiger partial charge in [0.15, 0.2) is 9.84 Å². The van der Waals surface area contributed by atoms with Gasteiger partial charge >= 0.3 is 0 Å². The number of nitrogens with one attached hydrogen (secondary N) is 2. The summed E-state index contributed by atoms with van der Waals surface area (Å²) in [6, 6.07) is 12.7. The number of ether oxygens (including phenoxy) is 1. The minimum absolute atomic E-state index is 0.0340. The highest BCUT2D eigenvalue weighted by molar-refractivity contribution is 7.90. The van der Waals surface area contributed by atoms with E-state index in [1.54, 1.807) is 24.3 Å². The van der Waals surface area contributed by atoms with Crippen LogP contribution in [0.2, 0.25) is 0 Å². The number of nitrogens with two attached hydrogens (primary N) is 1. The van der Waals surface area contributed by atoms with Crippen LogP contribution in [0.4, 0.5) is 5.69 Å². The normalized spacial score (nSPS) is 29.8. The number of aliphatic hydroxyl groups is 1. The van der Waals surface area contributed by atoms with Crippen molar-refractivity contribution in [3.8, 4) is 5.75 Å². The lowest BCUT2D eigenvalue weighted by molar-refractivity contribution is -0.169. The molecule has 0 spiro atoms. The first-order chi connectivity index (χ1) is 16.8. The van der Waals surface area contributed by atoms with Gasteiger partial charge in [0.05, 0.1) is 5.56 Å². The molecule has 1 aromatic heterocycles. The van der Waals surface area contributed by atoms with Crippen molar-refractivity contribution in [3.05, 3.63) is 76.5 Å². The molecule has 2 aliphatic carbocycles. The third-order valence-corrected chi connectivity index (χ3v) is 9.14. The molecule has 1 amide bonds. The summed E-state index contributed by atoms with van der Waals surface area (Å²) in [4.78, 5) is 30.0. The van der Waals surface area contributed by atoms with Gasteiger partial charge in [-0.05, 0) is 47.6 Å². The number of carbonyl (C=O) groups excluding carboxylic acids is 2. The van der Waals surface area contributed by atoms with Gasteiger partial charge in [-0.25, -0.2) is 8.42 Å². The topological polar surface area (TPSA) is 152 Å². The number of benzene rings is 2. The number of carbonyl (C=O) groups is 2. The minimum atomic E-state index is -3.59. The van der Waals surface area contributed by atoms with E-state index in [0.717, 1.165) is 18.2 Å². The van der Waals surface area contributed by atoms with Gasteiger partial charge in [0.25, 0.3) is 11.7 Å². The molecule has 3 aromatic rings. The van der Waals surface area contributed by atoms with Gasteiger partial charge in [-0.15, -0.1) is 0 Å². The Bertz CT molecular complexity index is 1610. The highest BCUT2D eigenvalue weighted by Gasteiger charge is 2.72. The highest BCUT2D eigenvalue weighted by atomic mass is 32.2. The monoisotopic (exact) mass is 507 g/mol. The number of sulfone groups is 1. The maximum atomic E-state index is 14.0. The molecule has 0 unspecified atom stereocenters. The van der Waals surface area contributed by atoms with Gasteiger partial charge in [0, 0.05) is 23.1 Å². The van der Waals surface area contributed by atoms with Crippen LogP contribution in [0, 0.1) is 5.92 Å². The van der Waals surface area contributed by atoms with Crippen molar-refractivity contribution in [3.63, 3.8) is 0 Å². The van der Waals surface area contributed by atoms with Gasteiger partial charge in [0.2, 0.25) is 11.3 Å². The Morgan fingerprint density at radius 2 is 1.92 bits per heavy atom. The second kappa shape index (κ2) is 6.77. The second-order valence-corrected chi connectivity index (χ2v) is 12.3. The quantitative estimate of drug-likeness (QED) is 0.396. The van der Waals surface area contributed by atoms with Gasteiger partial charge in [-0.1, -0.05) is 38.1 Å². The number of rotatable bonds is 4. The molecule has 4 atom stereocenters. The van der Waals surface area contributed by atoms with Crippen LogP contribution in [0.1, 0.15) is 57.8 Å². The molecule has 1 saturated carbocycles. The number of aromatic amines is 1. The van der Waals surface area contributed by atoms with E-state index < -0.39 is 32.9 Å². The SMILES string of the molecule is C[C@H]1C[C@@]1(C)c1ccc2c(c1)O[C@]1(O)c3cccc(N)c3C(=O)[C@]21NC(=O)c1ccc(S(C)(=O)=O)[nH]1. The van der Waals surface area contributed by atoms with Crippen molar-refractivity contribution in [2.75, 3.05) is 12.0 Å². The van der Waals surface area contributed by atoms with Gasteiger partial charge < -0.3 is 25.9 Å². The number of aromatic nitrogens is 1. The molecule has 0 bridgehead atoms. The number of hydrogen-bond donors (Lipinski definition) is 4. The molecule has 0 saturated heterocycles. The van der Waals surface area contributed by atoms with Gasteiger partial charge in [-0.2, -0.15) is 0 Å². The molecular formula is C26H25N3O6S. The fourth-order valence-corrected chi connectivity index (χ4v) is 6.28. The van der Waals surface area contributed by atoms with Crippen molar-refractivity contribution in [1.82, 2.24) is 10.3 Å². The van der Waals surface area contributed by atoms with E-state index >= 15 is 0 Å². The molecule has 5 N–H and O–H groups in total. The molecule has 3 aliphatic rings. The molecule has 1 aliphatic heterocycles. The standard InChI is InChI=1S/C26H25N3O6S/c1-13-12-24(13,2)14-7-8-15-19(11-14)35-26(32)16-5-4-6-17(27)21(16)22(30)25(15,26)29-23(31)18-9-10-20(28-18)36(3,33)34/h4-11,13,28,32H,12,27H2,1-3H3,(H,29,31)/t13-,24+,25+,26+/m0/s1. The van der Waals surface area contributed by atoms with Crippen LogP contribution in [0.3, 0.4) is 0 Å². The summed E-state index contributed by atoms with van der Waals surface area (Å²) in [5, 5.41) is 14.6. The fourth-order valence-electron chi connectivity index (χ4n) is 5.67. The average Bonchev–Trinajstić information content (AvgIpc) is 3.14. The summed E-state index contributed by atoms with van der Waals surface area (Å²) in [5.74, 6) is -2.88. The number of amides is 1. The fraction of sp³-hybridized carbons (Fsp3) is 0.308. The van der Waals surface area contributed by atoms with Crippen LogP contribution in [0.5, 0.6) is 5.75 Å². The van der Waals surface area contributed by atoms with Crippen LogP contribution in [0.15, 0.2) is 53.6 Å². The molecule has 2 aromatic carbocycles. The smallest absolute Gasteiger partial charge is 0.271 e. The first kappa shape index (κ1) is 22.8. The Kier molecular flexibility index (Phi) is 4.29. The summed E-state index contributed by atoms with van der Waals surface area (Å²) in [6.07, 6.45) is 2.02. The third-order valence-electron chi connectivity index (χ3n) is 8.10. The summed E-state index contributed by atoms with van der Waals surface area (Å²) in [6.45, 7) is 4.30. The van der Waals surface area contributed by atoms with E-state index in [1.165, 1.54) is 12.1 Å². The Labute approximate surface area is 207 Å². The molecule has 36 heavy (non-hydrogen) atoms. The molecular weight excluding hydrogens is 482 g/mol. The largest absolute Gasteiger partial charge is 0.454 e. The maximum Gasteiger partial charge on any atom is 0.271 e. The van der Waals surface area contributed by atoms with E-state index in [2.05, 4.69) is 24.1 Å². The lowest BCUT2D eigenvalue weighted by Crippen LogP contribution is -2.60. The zero-order valence-corrected chi connectivity index (χ0v) is 20.7. The van der Waals surface area contributed by atoms with E-state index in [4.69, 9.17) is 10.5 Å². The highest BCUT2D eigenvalue weighted by Crippen LogP contribution is 2.61. The molecule has 0 radical (unpaired) electrons. The Balaban J connectivity index is 1.52. The number of fused-ring (bicyclic) bond motifs is 5. The van der Waals surface area contributed by atoms with E-state index in [0.29, 0.717) is 17.2 Å². The number of H-pyrrole nitrogens is 1. The third kappa shape index (κ3) is 2.71. The van der Waals surface area contributed by atoms with Crippen LogP contribution in [0.25, 0.3) is 0 Å². The molecule has 2 heterocycles. The van der Waals surface area contributed by atoms with Crippen molar-refractivity contribution >= 4 is 27.2 Å². The molecule has 1 fully saturated rings. The lowest BCUT2D eigenvalue weighted by atomic mass is 9.81. The van der Waals surface area contributed by atoms with E-state index in [9.17, 15) is 23.1 Å². The Morgan fingerprint density at radius 1 is 1.19 bits per heavy atom. The van der Waals surface area contributed by atoms with Crippen LogP contribution >= 0.6 is 0 Å². The van der Waals surface area contributed by atoms with Crippen LogP contribution in [-0.2, 0) is 26.6 Å². The van der Waals surface area contributed by atoms with Crippen molar-refractivity contribution in [1.29, 1.82) is 0 Å². The second-order valence-electron chi connectivity index (χ2n) is 10.3. The van der Waals surface area contributed by atoms with E-state index in [-0.39, 0.29) is 32.9 Å². The van der Waals surface area contributed by atoms with Crippen molar-refractivity contribution in [2.24, 2.45) is 5.92 Å². The maximum absolute atomic E-state index is 14.0.